The van der Waals surface area contributed by atoms with Gasteiger partial charge in [0.25, 0.3) is 0 Å². The molecule has 1 heterocycles. The van der Waals surface area contributed by atoms with Crippen LogP contribution >= 0.6 is 23.2 Å². The molecule has 5 heteroatoms. The smallest absolute Gasteiger partial charge is 0.135 e. The zero-order chi connectivity index (χ0) is 15.4. The highest BCUT2D eigenvalue weighted by Crippen LogP contribution is 2.30. The van der Waals surface area contributed by atoms with Crippen molar-refractivity contribution >= 4 is 23.2 Å². The highest BCUT2D eigenvalue weighted by Gasteiger charge is 2.08. The Labute approximate surface area is 135 Å². The van der Waals surface area contributed by atoms with E-state index in [0.29, 0.717) is 28.4 Å². The summed E-state index contributed by atoms with van der Waals surface area (Å²) in [5.41, 5.74) is 1.89. The van der Waals surface area contributed by atoms with Crippen molar-refractivity contribution in [1.82, 2.24) is 10.3 Å². The van der Waals surface area contributed by atoms with Crippen molar-refractivity contribution in [2.24, 2.45) is 0 Å². The molecule has 0 aliphatic carbocycles. The summed E-state index contributed by atoms with van der Waals surface area (Å²) >= 11 is 12.0. The van der Waals surface area contributed by atoms with Crippen LogP contribution in [0.2, 0.25) is 10.0 Å². The Morgan fingerprint density at radius 1 is 1.14 bits per heavy atom. The number of aromatic nitrogens is 1. The van der Waals surface area contributed by atoms with Crippen molar-refractivity contribution in [1.29, 1.82) is 0 Å². The SMILES string of the molecule is Cc1cc(Oc2cc(Cl)cc(Cl)c2)c(CNC(C)C)cn1. The summed E-state index contributed by atoms with van der Waals surface area (Å²) in [6.45, 7) is 6.81. The average Bonchev–Trinajstić information content (AvgIpc) is 2.36. The molecule has 0 atom stereocenters. The topological polar surface area (TPSA) is 34.1 Å². The minimum Gasteiger partial charge on any atom is -0.457 e. The van der Waals surface area contributed by atoms with Gasteiger partial charge in [-0.05, 0) is 25.1 Å². The van der Waals surface area contributed by atoms with Gasteiger partial charge in [0.1, 0.15) is 11.5 Å². The quantitative estimate of drug-likeness (QED) is 0.841. The van der Waals surface area contributed by atoms with Crippen molar-refractivity contribution in [3.05, 3.63) is 51.8 Å². The molecule has 112 valence electrons. The fourth-order valence-corrected chi connectivity index (χ4v) is 2.33. The Kier molecular flexibility index (Phi) is 5.45. The summed E-state index contributed by atoms with van der Waals surface area (Å²) in [6.07, 6.45) is 1.83. The molecule has 1 aromatic heterocycles. The standard InChI is InChI=1S/C16H18Cl2N2O/c1-10(2)19-8-12-9-20-11(3)4-16(12)21-15-6-13(17)5-14(18)7-15/h4-7,9-10,19H,8H2,1-3H3. The molecule has 2 rings (SSSR count). The maximum Gasteiger partial charge on any atom is 0.135 e. The molecule has 0 aliphatic heterocycles. The number of rotatable bonds is 5. The van der Waals surface area contributed by atoms with Crippen LogP contribution in [0.25, 0.3) is 0 Å². The van der Waals surface area contributed by atoms with Crippen LogP contribution in [0.4, 0.5) is 0 Å². The molecule has 0 bridgehead atoms. The van der Waals surface area contributed by atoms with Crippen molar-refractivity contribution in [3.8, 4) is 11.5 Å². The fourth-order valence-electron chi connectivity index (χ4n) is 1.82. The molecular formula is C16H18Cl2N2O. The van der Waals surface area contributed by atoms with E-state index in [1.54, 1.807) is 18.2 Å². The molecule has 0 amide bonds. The average molecular weight is 325 g/mol. The number of ether oxygens (including phenoxy) is 1. The van der Waals surface area contributed by atoms with Crippen LogP contribution in [0.15, 0.2) is 30.5 Å². The van der Waals surface area contributed by atoms with E-state index in [2.05, 4.69) is 24.1 Å². The number of halogens is 2. The number of pyridine rings is 1. The van der Waals surface area contributed by atoms with Gasteiger partial charge in [0, 0.05) is 46.2 Å². The molecule has 0 fully saturated rings. The van der Waals surface area contributed by atoms with Crippen molar-refractivity contribution in [2.75, 3.05) is 0 Å². The van der Waals surface area contributed by atoms with Gasteiger partial charge in [0.2, 0.25) is 0 Å². The number of benzene rings is 1. The predicted molar refractivity (Wildman–Crippen MR) is 87.5 cm³/mol. The van der Waals surface area contributed by atoms with Gasteiger partial charge in [-0.25, -0.2) is 0 Å². The second-order valence-corrected chi connectivity index (χ2v) is 6.05. The Morgan fingerprint density at radius 2 is 1.81 bits per heavy atom. The third-order valence-electron chi connectivity index (χ3n) is 2.85. The first-order valence-corrected chi connectivity index (χ1v) is 7.52. The lowest BCUT2D eigenvalue weighted by molar-refractivity contribution is 0.468. The molecule has 0 unspecified atom stereocenters. The van der Waals surface area contributed by atoms with Crippen LogP contribution in [0.3, 0.4) is 0 Å². The maximum absolute atomic E-state index is 6.00. The minimum atomic E-state index is 0.389. The molecule has 3 nitrogen and oxygen atoms in total. The molecule has 0 spiro atoms. The number of hydrogen-bond acceptors (Lipinski definition) is 3. The van der Waals surface area contributed by atoms with E-state index in [1.807, 2.05) is 19.2 Å². The first kappa shape index (κ1) is 16.1. The first-order chi connectivity index (χ1) is 9.94. The highest BCUT2D eigenvalue weighted by molar-refractivity contribution is 6.34. The van der Waals surface area contributed by atoms with E-state index in [0.717, 1.165) is 17.0 Å². The van der Waals surface area contributed by atoms with E-state index in [-0.39, 0.29) is 0 Å². The van der Waals surface area contributed by atoms with Crippen molar-refractivity contribution in [3.63, 3.8) is 0 Å². The largest absolute Gasteiger partial charge is 0.457 e. The van der Waals surface area contributed by atoms with E-state index in [1.165, 1.54) is 0 Å². The molecule has 0 saturated heterocycles. The van der Waals surface area contributed by atoms with Crippen LogP contribution in [0.5, 0.6) is 11.5 Å². The van der Waals surface area contributed by atoms with Gasteiger partial charge < -0.3 is 10.1 Å². The van der Waals surface area contributed by atoms with Crippen LogP contribution in [0.1, 0.15) is 25.1 Å². The Hall–Kier alpha value is -1.29. The monoisotopic (exact) mass is 324 g/mol. The Balaban J connectivity index is 2.26. The maximum atomic E-state index is 6.00. The molecule has 1 N–H and O–H groups in total. The second kappa shape index (κ2) is 7.12. The molecule has 0 radical (unpaired) electrons. The third-order valence-corrected chi connectivity index (χ3v) is 3.28. The Morgan fingerprint density at radius 3 is 2.43 bits per heavy atom. The lowest BCUT2D eigenvalue weighted by Crippen LogP contribution is -2.22. The second-order valence-electron chi connectivity index (χ2n) is 5.18. The van der Waals surface area contributed by atoms with E-state index < -0.39 is 0 Å². The van der Waals surface area contributed by atoms with Gasteiger partial charge in [0.15, 0.2) is 0 Å². The zero-order valence-electron chi connectivity index (χ0n) is 12.3. The van der Waals surface area contributed by atoms with Gasteiger partial charge >= 0.3 is 0 Å². The van der Waals surface area contributed by atoms with Gasteiger partial charge in [-0.15, -0.1) is 0 Å². The molecule has 1 aromatic carbocycles. The summed E-state index contributed by atoms with van der Waals surface area (Å²) < 4.78 is 5.94. The van der Waals surface area contributed by atoms with Gasteiger partial charge in [-0.2, -0.15) is 0 Å². The van der Waals surface area contributed by atoms with Crippen LogP contribution in [0, 0.1) is 6.92 Å². The molecule has 0 saturated carbocycles. The predicted octanol–water partition coefficient (Wildman–Crippen LogP) is 4.99. The summed E-state index contributed by atoms with van der Waals surface area (Å²) in [7, 11) is 0. The van der Waals surface area contributed by atoms with E-state index >= 15 is 0 Å². The fraction of sp³-hybridized carbons (Fsp3) is 0.312. The van der Waals surface area contributed by atoms with Gasteiger partial charge in [0.05, 0.1) is 0 Å². The number of nitrogens with one attached hydrogen (secondary N) is 1. The third kappa shape index (κ3) is 4.88. The molecule has 0 aliphatic rings. The van der Waals surface area contributed by atoms with Crippen molar-refractivity contribution < 1.29 is 4.74 Å². The summed E-state index contributed by atoms with van der Waals surface area (Å²) in [6, 6.07) is 7.45. The highest BCUT2D eigenvalue weighted by atomic mass is 35.5. The van der Waals surface area contributed by atoms with Crippen LogP contribution in [-0.2, 0) is 6.54 Å². The molecular weight excluding hydrogens is 307 g/mol. The summed E-state index contributed by atoms with van der Waals surface area (Å²) in [4.78, 5) is 4.32. The summed E-state index contributed by atoms with van der Waals surface area (Å²) in [5.74, 6) is 1.37. The van der Waals surface area contributed by atoms with Gasteiger partial charge in [-0.1, -0.05) is 37.0 Å². The number of hydrogen-bond donors (Lipinski definition) is 1. The minimum absolute atomic E-state index is 0.389. The van der Waals surface area contributed by atoms with Crippen LogP contribution < -0.4 is 10.1 Å². The zero-order valence-corrected chi connectivity index (χ0v) is 13.8. The summed E-state index contributed by atoms with van der Waals surface area (Å²) in [5, 5.41) is 4.45. The van der Waals surface area contributed by atoms with E-state index in [4.69, 9.17) is 27.9 Å². The van der Waals surface area contributed by atoms with Crippen LogP contribution in [-0.4, -0.2) is 11.0 Å². The normalized spacial score (nSPS) is 11.0. The Bertz CT molecular complexity index is 609. The number of aryl methyl sites for hydroxylation is 1. The number of nitrogens with zero attached hydrogens (tertiary/aromatic N) is 1. The lowest BCUT2D eigenvalue weighted by Gasteiger charge is -2.14. The van der Waals surface area contributed by atoms with Gasteiger partial charge in [-0.3, -0.25) is 4.98 Å². The van der Waals surface area contributed by atoms with Crippen molar-refractivity contribution in [2.45, 2.75) is 33.4 Å². The van der Waals surface area contributed by atoms with E-state index in [9.17, 15) is 0 Å². The first-order valence-electron chi connectivity index (χ1n) is 6.77. The molecule has 2 aromatic rings. The molecule has 21 heavy (non-hydrogen) atoms. The lowest BCUT2D eigenvalue weighted by atomic mass is 10.2.